The number of fused-ring (bicyclic) bond motifs is 1. The van der Waals surface area contributed by atoms with Crippen molar-refractivity contribution in [3.05, 3.63) is 53.2 Å². The molecule has 1 aromatic carbocycles. The monoisotopic (exact) mass is 399 g/mol. The van der Waals surface area contributed by atoms with Crippen LogP contribution in [-0.2, 0) is 27.7 Å². The maximum Gasteiger partial charge on any atom is 0.243 e. The Hall–Kier alpha value is -2.25. The van der Waals surface area contributed by atoms with Crippen molar-refractivity contribution in [3.63, 3.8) is 0 Å². The summed E-state index contributed by atoms with van der Waals surface area (Å²) in [6.07, 6.45) is 4.11. The minimum Gasteiger partial charge on any atom is -0.310 e. The summed E-state index contributed by atoms with van der Waals surface area (Å²) in [5, 5.41) is 2.85. The van der Waals surface area contributed by atoms with Crippen molar-refractivity contribution in [2.24, 2.45) is 5.92 Å². The van der Waals surface area contributed by atoms with Crippen LogP contribution in [0.15, 0.2) is 41.3 Å². The summed E-state index contributed by atoms with van der Waals surface area (Å²) in [7, 11) is -3.51. The molecule has 1 saturated heterocycles. The Bertz CT molecular complexity index is 996. The average molecular weight is 400 g/mol. The van der Waals surface area contributed by atoms with Gasteiger partial charge in [-0.1, -0.05) is 12.1 Å². The van der Waals surface area contributed by atoms with Crippen molar-refractivity contribution in [1.82, 2.24) is 9.29 Å². The molecule has 1 aliphatic carbocycles. The van der Waals surface area contributed by atoms with Gasteiger partial charge in [0.25, 0.3) is 0 Å². The first-order valence-corrected chi connectivity index (χ1v) is 11.2. The molecule has 0 spiro atoms. The second-order valence-corrected chi connectivity index (χ2v) is 9.55. The van der Waals surface area contributed by atoms with Crippen LogP contribution >= 0.6 is 0 Å². The molecule has 1 N–H and O–H groups in total. The zero-order valence-corrected chi connectivity index (χ0v) is 16.8. The van der Waals surface area contributed by atoms with E-state index in [0.29, 0.717) is 36.6 Å². The number of benzene rings is 1. The van der Waals surface area contributed by atoms with Gasteiger partial charge in [-0.05, 0) is 74.4 Å². The van der Waals surface area contributed by atoms with E-state index in [2.05, 4.69) is 10.3 Å². The van der Waals surface area contributed by atoms with Gasteiger partial charge < -0.3 is 5.32 Å². The highest BCUT2D eigenvalue weighted by Gasteiger charge is 2.32. The quantitative estimate of drug-likeness (QED) is 0.857. The molecule has 0 radical (unpaired) electrons. The highest BCUT2D eigenvalue weighted by molar-refractivity contribution is 7.89. The number of anilines is 1. The SMILES string of the molecule is Cc1cccc(NC(=O)C2CCN(S(=O)(=O)c3ccc4c(c3)CCC4)CC2)n1. The zero-order valence-electron chi connectivity index (χ0n) is 16.0. The van der Waals surface area contributed by atoms with Gasteiger partial charge in [0.2, 0.25) is 15.9 Å². The predicted molar refractivity (Wildman–Crippen MR) is 108 cm³/mol. The van der Waals surface area contributed by atoms with Crippen LogP contribution < -0.4 is 5.32 Å². The fourth-order valence-electron chi connectivity index (χ4n) is 4.06. The molecule has 2 aliphatic rings. The maximum atomic E-state index is 13.0. The first-order chi connectivity index (χ1) is 13.4. The summed E-state index contributed by atoms with van der Waals surface area (Å²) >= 11 is 0. The van der Waals surface area contributed by atoms with E-state index in [0.717, 1.165) is 30.5 Å². The van der Waals surface area contributed by atoms with Gasteiger partial charge in [0.15, 0.2) is 0 Å². The average Bonchev–Trinajstić information content (AvgIpc) is 3.16. The number of nitrogens with one attached hydrogen (secondary N) is 1. The normalized spacial score (nSPS) is 18.0. The van der Waals surface area contributed by atoms with Gasteiger partial charge in [0.05, 0.1) is 4.90 Å². The lowest BCUT2D eigenvalue weighted by molar-refractivity contribution is -0.120. The van der Waals surface area contributed by atoms with Gasteiger partial charge in [-0.25, -0.2) is 13.4 Å². The van der Waals surface area contributed by atoms with Gasteiger partial charge in [0, 0.05) is 24.7 Å². The topological polar surface area (TPSA) is 79.4 Å². The van der Waals surface area contributed by atoms with E-state index < -0.39 is 10.0 Å². The van der Waals surface area contributed by atoms with Crippen LogP contribution in [0.25, 0.3) is 0 Å². The van der Waals surface area contributed by atoms with E-state index >= 15 is 0 Å². The summed E-state index contributed by atoms with van der Waals surface area (Å²) < 4.78 is 27.5. The molecule has 1 amide bonds. The molecular weight excluding hydrogens is 374 g/mol. The van der Waals surface area contributed by atoms with Gasteiger partial charge in [0.1, 0.15) is 5.82 Å². The molecule has 2 heterocycles. The summed E-state index contributed by atoms with van der Waals surface area (Å²) in [6, 6.07) is 11.0. The van der Waals surface area contributed by atoms with Crippen molar-refractivity contribution in [1.29, 1.82) is 0 Å². The summed E-state index contributed by atoms with van der Waals surface area (Å²) in [5.74, 6) is 0.250. The van der Waals surface area contributed by atoms with Crippen LogP contribution in [0.3, 0.4) is 0 Å². The number of carbonyl (C=O) groups excluding carboxylic acids is 1. The van der Waals surface area contributed by atoms with E-state index in [1.54, 1.807) is 12.1 Å². The van der Waals surface area contributed by atoms with Crippen molar-refractivity contribution >= 4 is 21.7 Å². The molecule has 28 heavy (non-hydrogen) atoms. The van der Waals surface area contributed by atoms with Gasteiger partial charge in [-0.15, -0.1) is 0 Å². The third kappa shape index (κ3) is 3.82. The van der Waals surface area contributed by atoms with E-state index in [-0.39, 0.29) is 11.8 Å². The van der Waals surface area contributed by atoms with E-state index in [1.807, 2.05) is 31.2 Å². The lowest BCUT2D eigenvalue weighted by Gasteiger charge is -2.30. The fourth-order valence-corrected chi connectivity index (χ4v) is 5.58. The molecule has 0 saturated carbocycles. The molecule has 1 fully saturated rings. The third-order valence-corrected chi connectivity index (χ3v) is 7.57. The molecule has 2 aromatic rings. The van der Waals surface area contributed by atoms with Crippen molar-refractivity contribution in [2.45, 2.75) is 43.9 Å². The van der Waals surface area contributed by atoms with Crippen LogP contribution in [-0.4, -0.2) is 36.7 Å². The number of nitrogens with zero attached hydrogens (tertiary/aromatic N) is 2. The molecule has 6 nitrogen and oxygen atoms in total. The first kappa shape index (κ1) is 19.1. The lowest BCUT2D eigenvalue weighted by atomic mass is 9.97. The molecule has 0 bridgehead atoms. The number of hydrogen-bond acceptors (Lipinski definition) is 4. The smallest absolute Gasteiger partial charge is 0.243 e. The Morgan fingerprint density at radius 3 is 2.61 bits per heavy atom. The van der Waals surface area contributed by atoms with Crippen molar-refractivity contribution < 1.29 is 13.2 Å². The number of hydrogen-bond donors (Lipinski definition) is 1. The summed E-state index contributed by atoms with van der Waals surface area (Å²) in [6.45, 7) is 2.59. The van der Waals surface area contributed by atoms with E-state index in [4.69, 9.17) is 0 Å². The van der Waals surface area contributed by atoms with Gasteiger partial charge >= 0.3 is 0 Å². The van der Waals surface area contributed by atoms with Crippen LogP contribution in [0.4, 0.5) is 5.82 Å². The number of rotatable bonds is 4. The standard InChI is InChI=1S/C21H25N3O3S/c1-15-4-2-7-20(22-15)23-21(25)17-10-12-24(13-11-17)28(26,27)19-9-8-16-5-3-6-18(16)14-19/h2,4,7-9,14,17H,3,5-6,10-13H2,1H3,(H,22,23,25). The van der Waals surface area contributed by atoms with Crippen LogP contribution in [0, 0.1) is 12.8 Å². The molecule has 4 rings (SSSR count). The minimum atomic E-state index is -3.51. The van der Waals surface area contributed by atoms with E-state index in [9.17, 15) is 13.2 Å². The van der Waals surface area contributed by atoms with Crippen LogP contribution in [0.1, 0.15) is 36.1 Å². The van der Waals surface area contributed by atoms with Gasteiger partial charge in [-0.3, -0.25) is 4.79 Å². The number of carbonyl (C=O) groups is 1. The number of amides is 1. The lowest BCUT2D eigenvalue weighted by Crippen LogP contribution is -2.41. The Kier molecular flexibility index (Phi) is 5.21. The molecule has 148 valence electrons. The molecule has 0 unspecified atom stereocenters. The maximum absolute atomic E-state index is 13.0. The Morgan fingerprint density at radius 2 is 1.86 bits per heavy atom. The highest BCUT2D eigenvalue weighted by Crippen LogP contribution is 2.28. The third-order valence-electron chi connectivity index (χ3n) is 5.67. The molecule has 0 atom stereocenters. The highest BCUT2D eigenvalue weighted by atomic mass is 32.2. The molecule has 1 aromatic heterocycles. The van der Waals surface area contributed by atoms with Gasteiger partial charge in [-0.2, -0.15) is 4.31 Å². The molecular formula is C21H25N3O3S. The largest absolute Gasteiger partial charge is 0.310 e. The fraction of sp³-hybridized carbons (Fsp3) is 0.429. The zero-order chi connectivity index (χ0) is 19.7. The number of sulfonamides is 1. The first-order valence-electron chi connectivity index (χ1n) is 9.80. The number of piperidine rings is 1. The summed E-state index contributed by atoms with van der Waals surface area (Å²) in [4.78, 5) is 17.2. The minimum absolute atomic E-state index is 0.0901. The van der Waals surface area contributed by atoms with Crippen LogP contribution in [0.5, 0.6) is 0 Å². The van der Waals surface area contributed by atoms with Crippen molar-refractivity contribution in [3.8, 4) is 0 Å². The summed E-state index contributed by atoms with van der Waals surface area (Å²) in [5.41, 5.74) is 3.26. The van der Waals surface area contributed by atoms with Crippen molar-refractivity contribution in [2.75, 3.05) is 18.4 Å². The Morgan fingerprint density at radius 1 is 1.11 bits per heavy atom. The Labute approximate surface area is 166 Å². The second-order valence-electron chi connectivity index (χ2n) is 7.62. The number of aryl methyl sites for hydroxylation is 3. The Balaban J connectivity index is 1.40. The molecule has 7 heteroatoms. The number of pyridine rings is 1. The predicted octanol–water partition coefficient (Wildman–Crippen LogP) is 2.92. The number of aromatic nitrogens is 1. The van der Waals surface area contributed by atoms with E-state index in [1.165, 1.54) is 9.87 Å². The van der Waals surface area contributed by atoms with Crippen LogP contribution in [0.2, 0.25) is 0 Å². The molecule has 1 aliphatic heterocycles. The second kappa shape index (κ2) is 7.64.